The van der Waals surface area contributed by atoms with E-state index in [1.165, 1.54) is 25.7 Å². The highest BCUT2D eigenvalue weighted by Crippen LogP contribution is 2.08. The predicted molar refractivity (Wildman–Crippen MR) is 74.5 cm³/mol. The van der Waals surface area contributed by atoms with E-state index in [0.717, 1.165) is 25.8 Å². The van der Waals surface area contributed by atoms with Crippen molar-refractivity contribution >= 4 is 5.97 Å². The van der Waals surface area contributed by atoms with Crippen molar-refractivity contribution in [3.63, 3.8) is 0 Å². The van der Waals surface area contributed by atoms with Gasteiger partial charge in [0, 0.05) is 19.0 Å². The topological polar surface area (TPSA) is 38.3 Å². The molecule has 3 heteroatoms. The lowest BCUT2D eigenvalue weighted by atomic mass is 10.1. The van der Waals surface area contributed by atoms with Crippen molar-refractivity contribution in [3.05, 3.63) is 12.2 Å². The van der Waals surface area contributed by atoms with Crippen LogP contribution < -0.4 is 5.32 Å². The van der Waals surface area contributed by atoms with Gasteiger partial charge in [-0.05, 0) is 38.5 Å². The lowest BCUT2D eigenvalue weighted by Gasteiger charge is -2.16. The van der Waals surface area contributed by atoms with Gasteiger partial charge in [-0.3, -0.25) is 4.79 Å². The van der Waals surface area contributed by atoms with Gasteiger partial charge in [-0.1, -0.05) is 25.5 Å². The van der Waals surface area contributed by atoms with Crippen LogP contribution in [0.5, 0.6) is 0 Å². The van der Waals surface area contributed by atoms with Crippen LogP contribution in [-0.2, 0) is 9.53 Å². The standard InChI is InChI=1S/C15H27NO2/c1-2-14-10-8-6-4-3-5-7-9-11-15(17)18-13-12-16-14/h3,5,14,16H,2,4,6-13H2,1H3/b5-3+. The number of hydrogen-bond donors (Lipinski definition) is 1. The summed E-state index contributed by atoms with van der Waals surface area (Å²) in [4.78, 5) is 11.4. The van der Waals surface area contributed by atoms with Gasteiger partial charge < -0.3 is 10.1 Å². The monoisotopic (exact) mass is 253 g/mol. The van der Waals surface area contributed by atoms with E-state index in [1.54, 1.807) is 0 Å². The first kappa shape index (κ1) is 15.2. The molecule has 0 aromatic carbocycles. The molecule has 1 N–H and O–H groups in total. The van der Waals surface area contributed by atoms with E-state index in [2.05, 4.69) is 24.4 Å². The first-order chi connectivity index (χ1) is 8.83. The van der Waals surface area contributed by atoms with Gasteiger partial charge in [0.2, 0.25) is 0 Å². The van der Waals surface area contributed by atoms with Gasteiger partial charge in [0.05, 0.1) is 0 Å². The molecule has 1 heterocycles. The summed E-state index contributed by atoms with van der Waals surface area (Å²) >= 11 is 0. The number of cyclic esters (lactones) is 1. The minimum absolute atomic E-state index is 0.0619. The van der Waals surface area contributed by atoms with Gasteiger partial charge in [-0.15, -0.1) is 0 Å². The van der Waals surface area contributed by atoms with Crippen LogP contribution in [0.25, 0.3) is 0 Å². The summed E-state index contributed by atoms with van der Waals surface area (Å²) in [6.07, 6.45) is 13.0. The minimum atomic E-state index is -0.0619. The zero-order valence-corrected chi connectivity index (χ0v) is 11.6. The van der Waals surface area contributed by atoms with Crippen LogP contribution in [-0.4, -0.2) is 25.2 Å². The summed E-state index contributed by atoms with van der Waals surface area (Å²) in [7, 11) is 0. The summed E-state index contributed by atoms with van der Waals surface area (Å²) in [6.45, 7) is 3.49. The van der Waals surface area contributed by atoms with Crippen LogP contribution in [0.15, 0.2) is 12.2 Å². The molecular weight excluding hydrogens is 226 g/mol. The molecule has 1 rings (SSSR count). The van der Waals surface area contributed by atoms with Crippen molar-refractivity contribution in [1.29, 1.82) is 0 Å². The smallest absolute Gasteiger partial charge is 0.305 e. The molecule has 0 radical (unpaired) electrons. The predicted octanol–water partition coefficient (Wildman–Crippen LogP) is 3.20. The van der Waals surface area contributed by atoms with Crippen molar-refractivity contribution in [1.82, 2.24) is 5.32 Å². The van der Waals surface area contributed by atoms with Gasteiger partial charge in [0.1, 0.15) is 6.61 Å². The summed E-state index contributed by atoms with van der Waals surface area (Å²) < 4.78 is 5.19. The van der Waals surface area contributed by atoms with Crippen LogP contribution in [0, 0.1) is 0 Å². The van der Waals surface area contributed by atoms with Crippen LogP contribution in [0.2, 0.25) is 0 Å². The van der Waals surface area contributed by atoms with E-state index in [-0.39, 0.29) is 5.97 Å². The Morgan fingerprint density at radius 3 is 2.83 bits per heavy atom. The molecular formula is C15H27NO2. The zero-order valence-electron chi connectivity index (χ0n) is 11.6. The molecule has 0 aromatic heterocycles. The second-order valence-corrected chi connectivity index (χ2v) is 4.93. The summed E-state index contributed by atoms with van der Waals surface area (Å²) in [5.41, 5.74) is 0. The van der Waals surface area contributed by atoms with Crippen LogP contribution in [0.3, 0.4) is 0 Å². The summed E-state index contributed by atoms with van der Waals surface area (Å²) in [6, 6.07) is 0.567. The van der Waals surface area contributed by atoms with Gasteiger partial charge in [0.25, 0.3) is 0 Å². The fourth-order valence-corrected chi connectivity index (χ4v) is 2.20. The zero-order chi connectivity index (χ0) is 13.1. The Morgan fingerprint density at radius 1 is 1.28 bits per heavy atom. The van der Waals surface area contributed by atoms with Crippen molar-refractivity contribution in [2.45, 2.75) is 64.3 Å². The highest BCUT2D eigenvalue weighted by Gasteiger charge is 2.06. The second-order valence-electron chi connectivity index (χ2n) is 4.93. The average molecular weight is 253 g/mol. The number of carbonyl (C=O) groups excluding carboxylic acids is 1. The molecule has 1 unspecified atom stereocenters. The fraction of sp³-hybridized carbons (Fsp3) is 0.800. The van der Waals surface area contributed by atoms with Gasteiger partial charge in [-0.2, -0.15) is 0 Å². The van der Waals surface area contributed by atoms with Crippen molar-refractivity contribution in [3.8, 4) is 0 Å². The first-order valence-corrected chi connectivity index (χ1v) is 7.37. The van der Waals surface area contributed by atoms with Gasteiger partial charge >= 0.3 is 5.97 Å². The fourth-order valence-electron chi connectivity index (χ4n) is 2.20. The van der Waals surface area contributed by atoms with E-state index in [1.807, 2.05) is 0 Å². The number of ether oxygens (including phenoxy) is 1. The van der Waals surface area contributed by atoms with Crippen LogP contribution >= 0.6 is 0 Å². The summed E-state index contributed by atoms with van der Waals surface area (Å²) in [5, 5.41) is 3.46. The normalized spacial score (nSPS) is 26.7. The Bertz CT molecular complexity index is 251. The molecule has 1 atom stereocenters. The van der Waals surface area contributed by atoms with Crippen molar-refractivity contribution < 1.29 is 9.53 Å². The Labute approximate surface area is 111 Å². The molecule has 0 aliphatic carbocycles. The summed E-state index contributed by atoms with van der Waals surface area (Å²) in [5.74, 6) is -0.0619. The number of esters is 1. The van der Waals surface area contributed by atoms with Crippen LogP contribution in [0.4, 0.5) is 0 Å². The molecule has 0 spiro atoms. The maximum absolute atomic E-state index is 11.4. The maximum atomic E-state index is 11.4. The van der Waals surface area contributed by atoms with Crippen molar-refractivity contribution in [2.75, 3.05) is 13.2 Å². The minimum Gasteiger partial charge on any atom is -0.464 e. The molecule has 0 bridgehead atoms. The molecule has 0 fully saturated rings. The Morgan fingerprint density at radius 2 is 2.06 bits per heavy atom. The van der Waals surface area contributed by atoms with E-state index in [9.17, 15) is 4.79 Å². The average Bonchev–Trinajstić information content (AvgIpc) is 2.39. The first-order valence-electron chi connectivity index (χ1n) is 7.37. The molecule has 1 aliphatic rings. The lowest BCUT2D eigenvalue weighted by Crippen LogP contribution is -2.32. The maximum Gasteiger partial charge on any atom is 0.305 e. The quantitative estimate of drug-likeness (QED) is 0.576. The third-order valence-corrected chi connectivity index (χ3v) is 3.38. The molecule has 0 amide bonds. The van der Waals surface area contributed by atoms with E-state index in [0.29, 0.717) is 19.1 Å². The van der Waals surface area contributed by atoms with E-state index in [4.69, 9.17) is 4.74 Å². The van der Waals surface area contributed by atoms with Crippen LogP contribution in [0.1, 0.15) is 58.3 Å². The molecule has 3 nitrogen and oxygen atoms in total. The molecule has 18 heavy (non-hydrogen) atoms. The number of rotatable bonds is 1. The number of nitrogens with one attached hydrogen (secondary N) is 1. The molecule has 104 valence electrons. The van der Waals surface area contributed by atoms with Crippen molar-refractivity contribution in [2.24, 2.45) is 0 Å². The number of allylic oxidation sites excluding steroid dienone is 2. The SMILES string of the molecule is CCC1CCCC/C=C/CCCC(=O)OCCN1. The molecule has 0 aromatic rings. The number of hydrogen-bond acceptors (Lipinski definition) is 3. The Hall–Kier alpha value is -0.830. The highest BCUT2D eigenvalue weighted by molar-refractivity contribution is 5.69. The number of carbonyl (C=O) groups is 1. The Kier molecular flexibility index (Phi) is 8.57. The van der Waals surface area contributed by atoms with E-state index >= 15 is 0 Å². The van der Waals surface area contributed by atoms with Gasteiger partial charge in [0.15, 0.2) is 0 Å². The highest BCUT2D eigenvalue weighted by atomic mass is 16.5. The molecule has 0 saturated carbocycles. The molecule has 0 saturated heterocycles. The third-order valence-electron chi connectivity index (χ3n) is 3.38. The lowest BCUT2D eigenvalue weighted by molar-refractivity contribution is -0.143. The largest absolute Gasteiger partial charge is 0.464 e. The molecule has 1 aliphatic heterocycles. The Balaban J connectivity index is 2.33. The second kappa shape index (κ2) is 10.1. The van der Waals surface area contributed by atoms with E-state index < -0.39 is 0 Å². The van der Waals surface area contributed by atoms with Gasteiger partial charge in [-0.25, -0.2) is 0 Å². The third kappa shape index (κ3) is 7.49.